The lowest BCUT2D eigenvalue weighted by molar-refractivity contribution is -0.385. The van der Waals surface area contributed by atoms with Gasteiger partial charge in [-0.3, -0.25) is 10.1 Å². The van der Waals surface area contributed by atoms with Crippen LogP contribution in [0.5, 0.6) is 0 Å². The van der Waals surface area contributed by atoms with Gasteiger partial charge in [0.05, 0.1) is 4.92 Å². The molecule has 0 radical (unpaired) electrons. The van der Waals surface area contributed by atoms with Crippen LogP contribution in [0.15, 0.2) is 42.6 Å². The van der Waals surface area contributed by atoms with E-state index in [4.69, 9.17) is 0 Å². The van der Waals surface area contributed by atoms with Crippen LogP contribution in [0.2, 0.25) is 0 Å². The highest BCUT2D eigenvalue weighted by Gasteiger charge is 2.23. The van der Waals surface area contributed by atoms with E-state index in [1.807, 2.05) is 18.2 Å². The number of aryl methyl sites for hydroxylation is 1. The molecule has 0 amide bonds. The molecule has 1 aliphatic rings. The Morgan fingerprint density at radius 3 is 2.82 bits per heavy atom. The fourth-order valence-corrected chi connectivity index (χ4v) is 2.78. The van der Waals surface area contributed by atoms with Gasteiger partial charge in [0.25, 0.3) is 5.69 Å². The zero-order valence-corrected chi connectivity index (χ0v) is 12.4. The molecule has 6 nitrogen and oxygen atoms in total. The fraction of sp³-hybridized carbons (Fsp3) is 0.312. The summed E-state index contributed by atoms with van der Waals surface area (Å²) in [6, 6.07) is 12.3. The summed E-state index contributed by atoms with van der Waals surface area (Å²) in [5.74, 6) is 0.697. The fourth-order valence-electron chi connectivity index (χ4n) is 2.78. The lowest BCUT2D eigenvalue weighted by Gasteiger charge is -2.19. The van der Waals surface area contributed by atoms with Gasteiger partial charge in [-0.05, 0) is 31.5 Å². The highest BCUT2D eigenvalue weighted by atomic mass is 16.6. The van der Waals surface area contributed by atoms with Gasteiger partial charge in [0.2, 0.25) is 0 Å². The van der Waals surface area contributed by atoms with Crippen molar-refractivity contribution in [2.45, 2.75) is 19.4 Å². The standard InChI is InChI=1S/C16H18N4O2/c1-12-9-16(17-10-15(12)20(21)22)18-13-7-8-19(11-13)14-5-3-2-4-6-14/h2-6,9-10,13H,7-8,11H2,1H3,(H,17,18). The first-order valence-electron chi connectivity index (χ1n) is 7.31. The lowest BCUT2D eigenvalue weighted by atomic mass is 10.2. The Kier molecular flexibility index (Phi) is 3.91. The molecule has 22 heavy (non-hydrogen) atoms. The average Bonchev–Trinajstić information content (AvgIpc) is 2.96. The monoisotopic (exact) mass is 298 g/mol. The number of pyridine rings is 1. The molecular formula is C16H18N4O2. The van der Waals surface area contributed by atoms with Crippen LogP contribution < -0.4 is 10.2 Å². The molecule has 0 aliphatic carbocycles. The first-order chi connectivity index (χ1) is 10.6. The van der Waals surface area contributed by atoms with Gasteiger partial charge in [0.1, 0.15) is 12.0 Å². The van der Waals surface area contributed by atoms with Gasteiger partial charge in [0, 0.05) is 30.4 Å². The van der Waals surface area contributed by atoms with Gasteiger partial charge < -0.3 is 10.2 Å². The Hall–Kier alpha value is -2.63. The number of rotatable bonds is 4. The number of para-hydroxylation sites is 1. The molecule has 0 bridgehead atoms. The average molecular weight is 298 g/mol. The van der Waals surface area contributed by atoms with Crippen LogP contribution in [-0.2, 0) is 0 Å². The molecule has 1 atom stereocenters. The third-order valence-corrected chi connectivity index (χ3v) is 3.94. The molecule has 1 fully saturated rings. The second-order valence-electron chi connectivity index (χ2n) is 5.52. The van der Waals surface area contributed by atoms with Crippen molar-refractivity contribution in [3.63, 3.8) is 0 Å². The summed E-state index contributed by atoms with van der Waals surface area (Å²) in [7, 11) is 0. The van der Waals surface area contributed by atoms with Crippen LogP contribution in [0.1, 0.15) is 12.0 Å². The summed E-state index contributed by atoms with van der Waals surface area (Å²) in [6.45, 7) is 3.63. The Morgan fingerprint density at radius 2 is 2.14 bits per heavy atom. The summed E-state index contributed by atoms with van der Waals surface area (Å²) < 4.78 is 0. The maximum Gasteiger partial charge on any atom is 0.290 e. The maximum absolute atomic E-state index is 10.8. The van der Waals surface area contributed by atoms with E-state index in [1.54, 1.807) is 13.0 Å². The molecule has 3 rings (SSSR count). The summed E-state index contributed by atoms with van der Waals surface area (Å²) in [4.78, 5) is 16.9. The van der Waals surface area contributed by atoms with Gasteiger partial charge in [0.15, 0.2) is 0 Å². The normalized spacial score (nSPS) is 17.5. The Morgan fingerprint density at radius 1 is 1.36 bits per heavy atom. The number of aromatic nitrogens is 1. The molecule has 1 aromatic carbocycles. The van der Waals surface area contributed by atoms with E-state index < -0.39 is 4.92 Å². The molecule has 2 heterocycles. The molecule has 6 heteroatoms. The third kappa shape index (κ3) is 3.00. The minimum Gasteiger partial charge on any atom is -0.369 e. The van der Waals surface area contributed by atoms with Crippen molar-refractivity contribution < 1.29 is 4.92 Å². The molecule has 1 aromatic heterocycles. The number of benzene rings is 1. The summed E-state index contributed by atoms with van der Waals surface area (Å²) >= 11 is 0. The smallest absolute Gasteiger partial charge is 0.290 e. The largest absolute Gasteiger partial charge is 0.369 e. The Bertz CT molecular complexity index is 675. The summed E-state index contributed by atoms with van der Waals surface area (Å²) in [5.41, 5.74) is 1.91. The van der Waals surface area contributed by atoms with E-state index >= 15 is 0 Å². The number of hydrogen-bond donors (Lipinski definition) is 1. The van der Waals surface area contributed by atoms with Gasteiger partial charge in [-0.15, -0.1) is 0 Å². The van der Waals surface area contributed by atoms with Gasteiger partial charge in [-0.25, -0.2) is 4.98 Å². The predicted molar refractivity (Wildman–Crippen MR) is 86.3 cm³/mol. The number of anilines is 2. The minimum absolute atomic E-state index is 0.0582. The first kappa shape index (κ1) is 14.3. The first-order valence-corrected chi connectivity index (χ1v) is 7.31. The van der Waals surface area contributed by atoms with E-state index in [0.29, 0.717) is 17.4 Å². The molecule has 1 aliphatic heterocycles. The van der Waals surface area contributed by atoms with Gasteiger partial charge in [-0.1, -0.05) is 18.2 Å². The Labute approximate surface area is 128 Å². The van der Waals surface area contributed by atoms with Crippen molar-refractivity contribution in [2.24, 2.45) is 0 Å². The molecule has 0 saturated carbocycles. The molecule has 114 valence electrons. The minimum atomic E-state index is -0.404. The topological polar surface area (TPSA) is 71.3 Å². The number of nitro groups is 1. The van der Waals surface area contributed by atoms with Gasteiger partial charge in [-0.2, -0.15) is 0 Å². The Balaban J connectivity index is 1.65. The second kappa shape index (κ2) is 6.01. The van der Waals surface area contributed by atoms with Crippen molar-refractivity contribution in [2.75, 3.05) is 23.3 Å². The van der Waals surface area contributed by atoms with Crippen molar-refractivity contribution in [1.82, 2.24) is 4.98 Å². The zero-order valence-electron chi connectivity index (χ0n) is 12.4. The van der Waals surface area contributed by atoms with Gasteiger partial charge >= 0.3 is 0 Å². The molecule has 0 spiro atoms. The van der Waals surface area contributed by atoms with Crippen LogP contribution in [0.25, 0.3) is 0 Å². The van der Waals surface area contributed by atoms with E-state index in [0.717, 1.165) is 19.5 Å². The SMILES string of the molecule is Cc1cc(NC2CCN(c3ccccc3)C2)ncc1[N+](=O)[O-]. The second-order valence-corrected chi connectivity index (χ2v) is 5.52. The third-order valence-electron chi connectivity index (χ3n) is 3.94. The van der Waals surface area contributed by atoms with Crippen molar-refractivity contribution in [3.8, 4) is 0 Å². The van der Waals surface area contributed by atoms with E-state index in [1.165, 1.54) is 11.9 Å². The zero-order chi connectivity index (χ0) is 15.5. The summed E-state index contributed by atoms with van der Waals surface area (Å²) in [6.07, 6.45) is 2.34. The highest BCUT2D eigenvalue weighted by Crippen LogP contribution is 2.23. The number of nitrogens with one attached hydrogen (secondary N) is 1. The van der Waals surface area contributed by atoms with E-state index in [9.17, 15) is 10.1 Å². The van der Waals surface area contributed by atoms with Crippen molar-refractivity contribution >= 4 is 17.2 Å². The van der Waals surface area contributed by atoms with E-state index in [2.05, 4.69) is 27.3 Å². The van der Waals surface area contributed by atoms with Crippen LogP contribution >= 0.6 is 0 Å². The highest BCUT2D eigenvalue weighted by molar-refractivity contribution is 5.50. The van der Waals surface area contributed by atoms with Crippen molar-refractivity contribution in [3.05, 3.63) is 58.3 Å². The molecular weight excluding hydrogens is 280 g/mol. The summed E-state index contributed by atoms with van der Waals surface area (Å²) in [5, 5.41) is 14.2. The van der Waals surface area contributed by atoms with Crippen LogP contribution in [0.3, 0.4) is 0 Å². The molecule has 1 saturated heterocycles. The lowest BCUT2D eigenvalue weighted by Crippen LogP contribution is -2.26. The van der Waals surface area contributed by atoms with Crippen LogP contribution in [-0.4, -0.2) is 29.0 Å². The maximum atomic E-state index is 10.8. The predicted octanol–water partition coefficient (Wildman–Crippen LogP) is 2.99. The van der Waals surface area contributed by atoms with Crippen LogP contribution in [0.4, 0.5) is 17.2 Å². The molecule has 1 N–H and O–H groups in total. The number of nitrogens with zero attached hydrogens (tertiary/aromatic N) is 3. The van der Waals surface area contributed by atoms with Crippen molar-refractivity contribution in [1.29, 1.82) is 0 Å². The molecule has 2 aromatic rings. The van der Waals surface area contributed by atoms with E-state index in [-0.39, 0.29) is 5.69 Å². The van der Waals surface area contributed by atoms with Crippen LogP contribution in [0, 0.1) is 17.0 Å². The number of hydrogen-bond acceptors (Lipinski definition) is 5. The molecule has 1 unspecified atom stereocenters. The quantitative estimate of drug-likeness (QED) is 0.694.